The first-order valence-corrected chi connectivity index (χ1v) is 2.28. The second-order valence-electron chi connectivity index (χ2n) is 1.14. The number of carbonyl (C=O) groups excluding carboxylic acids is 1. The van der Waals surface area contributed by atoms with E-state index in [9.17, 15) is 9.18 Å². The maximum absolute atomic E-state index is 11.1. The van der Waals surface area contributed by atoms with Crippen LogP contribution in [0.25, 0.3) is 0 Å². The highest BCUT2D eigenvalue weighted by Crippen LogP contribution is 1.85. The zero-order valence-electron chi connectivity index (χ0n) is 4.56. The monoisotopic (exact) mass is 118 g/mol. The van der Waals surface area contributed by atoms with E-state index in [0.29, 0.717) is 0 Å². The largest absolute Gasteiger partial charge is 0.500 e. The van der Waals surface area contributed by atoms with Crippen molar-refractivity contribution in [3.63, 3.8) is 0 Å². The third-order valence-electron chi connectivity index (χ3n) is 0.493. The van der Waals surface area contributed by atoms with E-state index < -0.39 is 6.22 Å². The van der Waals surface area contributed by atoms with Crippen LogP contribution in [0.1, 0.15) is 13.3 Å². The van der Waals surface area contributed by atoms with Crippen LogP contribution in [0.2, 0.25) is 0 Å². The van der Waals surface area contributed by atoms with E-state index in [1.54, 1.807) is 0 Å². The zero-order chi connectivity index (χ0) is 6.41. The van der Waals surface area contributed by atoms with Crippen molar-refractivity contribution >= 4 is 6.22 Å². The average molecular weight is 118 g/mol. The Bertz CT molecular complexity index is 98.6. The van der Waals surface area contributed by atoms with Gasteiger partial charge in [0.1, 0.15) is 0 Å². The van der Waals surface area contributed by atoms with Gasteiger partial charge in [0.2, 0.25) is 0 Å². The number of allylic oxidation sites excluding steroid dienone is 1. The average Bonchev–Trinajstić information content (AvgIpc) is 1.66. The number of ether oxygens (including phenoxy) is 1. The molecule has 46 valence electrons. The topological polar surface area (TPSA) is 26.3 Å². The summed E-state index contributed by atoms with van der Waals surface area (Å²) >= 11 is 0. The lowest BCUT2D eigenvalue weighted by Crippen LogP contribution is -1.82. The van der Waals surface area contributed by atoms with Crippen LogP contribution in [-0.2, 0) is 4.74 Å². The van der Waals surface area contributed by atoms with Crippen molar-refractivity contribution < 1.29 is 13.9 Å². The van der Waals surface area contributed by atoms with Gasteiger partial charge in [0.05, 0.1) is 6.26 Å². The molecule has 0 saturated carbocycles. The van der Waals surface area contributed by atoms with Crippen molar-refractivity contribution in [1.82, 2.24) is 0 Å². The quantitative estimate of drug-likeness (QED) is 0.409. The molecule has 0 spiro atoms. The van der Waals surface area contributed by atoms with Gasteiger partial charge in [-0.2, -0.15) is 0 Å². The van der Waals surface area contributed by atoms with Crippen molar-refractivity contribution in [2.75, 3.05) is 0 Å². The van der Waals surface area contributed by atoms with Gasteiger partial charge in [-0.3, -0.25) is 0 Å². The number of carbonyl (C=O) groups is 1. The summed E-state index contributed by atoms with van der Waals surface area (Å²) in [6.45, 7) is 1.85. The maximum Gasteiger partial charge on any atom is 0.500 e. The lowest BCUT2D eigenvalue weighted by atomic mass is 10.5. The minimum atomic E-state index is -1.77. The van der Waals surface area contributed by atoms with Crippen molar-refractivity contribution in [2.45, 2.75) is 13.3 Å². The minimum absolute atomic E-state index is 0.729. The normalized spacial score (nSPS) is 9.75. The molecule has 0 aliphatic heterocycles. The molecule has 0 rings (SSSR count). The molecule has 2 nitrogen and oxygen atoms in total. The highest BCUT2D eigenvalue weighted by Gasteiger charge is 1.88. The van der Waals surface area contributed by atoms with E-state index in [1.807, 2.05) is 6.92 Å². The highest BCUT2D eigenvalue weighted by molar-refractivity contribution is 5.58. The second kappa shape index (κ2) is 4.30. The molecule has 0 aromatic carbocycles. The van der Waals surface area contributed by atoms with Gasteiger partial charge in [-0.1, -0.05) is 6.92 Å². The van der Waals surface area contributed by atoms with Gasteiger partial charge in [0.15, 0.2) is 0 Å². The zero-order valence-corrected chi connectivity index (χ0v) is 4.56. The molecule has 0 amide bonds. The smallest absolute Gasteiger partial charge is 0.409 e. The lowest BCUT2D eigenvalue weighted by Gasteiger charge is -1.82. The first-order valence-electron chi connectivity index (χ1n) is 2.28. The molecule has 0 aliphatic carbocycles. The summed E-state index contributed by atoms with van der Waals surface area (Å²) in [4.78, 5) is 9.38. The summed E-state index contributed by atoms with van der Waals surface area (Å²) in [5.41, 5.74) is 0. The SMILES string of the molecule is CCC=COC(=O)F. The Morgan fingerprint density at radius 3 is 2.88 bits per heavy atom. The van der Waals surface area contributed by atoms with E-state index in [-0.39, 0.29) is 0 Å². The predicted octanol–water partition coefficient (Wildman–Crippen LogP) is 2.02. The van der Waals surface area contributed by atoms with Gasteiger partial charge in [0, 0.05) is 0 Å². The first kappa shape index (κ1) is 7.14. The van der Waals surface area contributed by atoms with E-state index in [1.165, 1.54) is 6.08 Å². The van der Waals surface area contributed by atoms with E-state index in [0.717, 1.165) is 12.7 Å². The van der Waals surface area contributed by atoms with Gasteiger partial charge in [-0.05, 0) is 12.5 Å². The van der Waals surface area contributed by atoms with Gasteiger partial charge in [0.25, 0.3) is 0 Å². The molecule has 0 aromatic rings. The number of rotatable bonds is 2. The molecule has 0 saturated heterocycles. The van der Waals surface area contributed by atoms with E-state index >= 15 is 0 Å². The van der Waals surface area contributed by atoms with Crippen LogP contribution in [0, 0.1) is 0 Å². The summed E-state index contributed by atoms with van der Waals surface area (Å²) in [5.74, 6) is 0. The Morgan fingerprint density at radius 2 is 2.50 bits per heavy atom. The molecule has 0 heterocycles. The van der Waals surface area contributed by atoms with E-state index in [4.69, 9.17) is 0 Å². The minimum Gasteiger partial charge on any atom is -0.409 e. The predicted molar refractivity (Wildman–Crippen MR) is 27.0 cm³/mol. The molecule has 0 fully saturated rings. The summed E-state index contributed by atoms with van der Waals surface area (Å²) in [6, 6.07) is 0. The molecule has 8 heavy (non-hydrogen) atoms. The molecule has 3 heteroatoms. The molecule has 0 atom stereocenters. The van der Waals surface area contributed by atoms with E-state index in [2.05, 4.69) is 4.74 Å². The third-order valence-corrected chi connectivity index (χ3v) is 0.493. The van der Waals surface area contributed by atoms with Crippen LogP contribution in [-0.4, -0.2) is 6.22 Å². The Hall–Kier alpha value is -0.860. The van der Waals surface area contributed by atoms with Crippen molar-refractivity contribution in [1.29, 1.82) is 0 Å². The Morgan fingerprint density at radius 1 is 1.88 bits per heavy atom. The Balaban J connectivity index is 3.16. The van der Waals surface area contributed by atoms with Crippen LogP contribution < -0.4 is 0 Å². The molecule has 0 N–H and O–H groups in total. The number of hydrogen-bond donors (Lipinski definition) is 0. The van der Waals surface area contributed by atoms with Gasteiger partial charge >= 0.3 is 6.22 Å². The van der Waals surface area contributed by atoms with Crippen LogP contribution in [0.3, 0.4) is 0 Å². The van der Waals surface area contributed by atoms with Gasteiger partial charge in [-0.25, -0.2) is 4.79 Å². The molecular weight excluding hydrogens is 111 g/mol. The number of hydrogen-bond acceptors (Lipinski definition) is 2. The van der Waals surface area contributed by atoms with Crippen molar-refractivity contribution in [3.8, 4) is 0 Å². The second-order valence-corrected chi connectivity index (χ2v) is 1.14. The third kappa shape index (κ3) is 5.14. The fraction of sp³-hybridized carbons (Fsp3) is 0.400. The van der Waals surface area contributed by atoms with Crippen LogP contribution in [0.4, 0.5) is 9.18 Å². The molecular formula is C5H7FO2. The maximum atomic E-state index is 11.1. The van der Waals surface area contributed by atoms with Crippen molar-refractivity contribution in [2.24, 2.45) is 0 Å². The molecule has 0 unspecified atom stereocenters. The summed E-state index contributed by atoms with van der Waals surface area (Å²) < 4.78 is 14.9. The fourth-order valence-electron chi connectivity index (χ4n) is 0.198. The van der Waals surface area contributed by atoms with Gasteiger partial charge in [-0.15, -0.1) is 4.39 Å². The highest BCUT2D eigenvalue weighted by atomic mass is 19.1. The van der Waals surface area contributed by atoms with Crippen LogP contribution in [0.15, 0.2) is 12.3 Å². The summed E-state index contributed by atoms with van der Waals surface area (Å²) in [5, 5.41) is 0. The lowest BCUT2D eigenvalue weighted by molar-refractivity contribution is 0.159. The number of halogens is 1. The molecule has 0 aromatic heterocycles. The van der Waals surface area contributed by atoms with Gasteiger partial charge < -0.3 is 4.74 Å². The summed E-state index contributed by atoms with van der Waals surface area (Å²) in [6.07, 6.45) is 1.53. The summed E-state index contributed by atoms with van der Waals surface area (Å²) in [7, 11) is 0. The standard InChI is InChI=1S/C5H7FO2/c1-2-3-4-8-5(6)7/h3-4H,2H2,1H3. The molecule has 0 bridgehead atoms. The first-order chi connectivity index (χ1) is 3.77. The van der Waals surface area contributed by atoms with Crippen LogP contribution in [0.5, 0.6) is 0 Å². The molecule has 0 aliphatic rings. The van der Waals surface area contributed by atoms with Crippen LogP contribution >= 0.6 is 0 Å². The Kier molecular flexibility index (Phi) is 3.84. The fourth-order valence-corrected chi connectivity index (χ4v) is 0.198. The van der Waals surface area contributed by atoms with Crippen molar-refractivity contribution in [3.05, 3.63) is 12.3 Å². The Labute approximate surface area is 47.0 Å². The molecule has 0 radical (unpaired) electrons.